The summed E-state index contributed by atoms with van der Waals surface area (Å²) in [6.07, 6.45) is 4.10. The van der Waals surface area contributed by atoms with E-state index in [9.17, 15) is 14.4 Å². The number of hydrogen-bond donors (Lipinski definition) is 1. The summed E-state index contributed by atoms with van der Waals surface area (Å²) in [4.78, 5) is 38.8. The number of carbonyl (C=O) groups excluding carboxylic acids is 2. The molecular weight excluding hydrogens is 300 g/mol. The third-order valence-electron chi connectivity index (χ3n) is 4.53. The maximum Gasteiger partial charge on any atom is 0.326 e. The van der Waals surface area contributed by atoms with E-state index < -0.39 is 24.0 Å². The van der Waals surface area contributed by atoms with Gasteiger partial charge in [0.15, 0.2) is 0 Å². The lowest BCUT2D eigenvalue weighted by molar-refractivity contribution is -0.154. The molecule has 0 spiro atoms. The predicted molar refractivity (Wildman–Crippen MR) is 81.3 cm³/mol. The van der Waals surface area contributed by atoms with Crippen molar-refractivity contribution in [3.8, 4) is 0 Å². The minimum atomic E-state index is -1.06. The second kappa shape index (κ2) is 6.39. The van der Waals surface area contributed by atoms with Crippen LogP contribution in [-0.4, -0.2) is 62.6 Å². The maximum atomic E-state index is 12.8. The molecule has 0 aromatic carbocycles. The van der Waals surface area contributed by atoms with Gasteiger partial charge in [0.1, 0.15) is 6.04 Å². The number of aromatic nitrogens is 2. The van der Waals surface area contributed by atoms with Gasteiger partial charge in [0.25, 0.3) is 0 Å². The van der Waals surface area contributed by atoms with Crippen molar-refractivity contribution in [1.82, 2.24) is 19.6 Å². The average Bonchev–Trinajstić information content (AvgIpc) is 2.93. The van der Waals surface area contributed by atoms with Crippen molar-refractivity contribution >= 4 is 17.8 Å². The van der Waals surface area contributed by atoms with Crippen molar-refractivity contribution in [2.45, 2.75) is 31.8 Å². The molecule has 1 aromatic heterocycles. The van der Waals surface area contributed by atoms with Gasteiger partial charge in [-0.3, -0.25) is 14.3 Å². The lowest BCUT2D eigenvalue weighted by Crippen LogP contribution is -2.50. The Morgan fingerprint density at radius 3 is 2.61 bits per heavy atom. The topological polar surface area (TPSA) is 95.7 Å². The summed E-state index contributed by atoms with van der Waals surface area (Å²) in [6, 6.07) is -1.35. The molecule has 1 fully saturated rings. The summed E-state index contributed by atoms with van der Waals surface area (Å²) < 4.78 is 1.62. The summed E-state index contributed by atoms with van der Waals surface area (Å²) in [6.45, 7) is 1.47. The number of nitrogens with zero attached hydrogens (tertiary/aromatic N) is 4. The second-order valence-electron chi connectivity index (χ2n) is 6.01. The first-order chi connectivity index (χ1) is 10.7. The van der Waals surface area contributed by atoms with E-state index in [1.165, 1.54) is 18.9 Å². The molecule has 0 aliphatic carbocycles. The monoisotopic (exact) mass is 322 g/mol. The van der Waals surface area contributed by atoms with Crippen molar-refractivity contribution in [1.29, 1.82) is 0 Å². The molecule has 1 N–H and O–H groups in total. The Morgan fingerprint density at radius 2 is 2.09 bits per heavy atom. The van der Waals surface area contributed by atoms with Gasteiger partial charge in [-0.05, 0) is 13.3 Å². The van der Waals surface area contributed by atoms with Gasteiger partial charge in [0.05, 0.1) is 18.2 Å². The number of rotatable bonds is 4. The first kappa shape index (κ1) is 17.0. The molecule has 2 rings (SSSR count). The van der Waals surface area contributed by atoms with Gasteiger partial charge in [-0.25, -0.2) is 4.79 Å². The average molecular weight is 322 g/mol. The molecule has 2 amide bonds. The molecule has 0 unspecified atom stereocenters. The summed E-state index contributed by atoms with van der Waals surface area (Å²) in [5.41, 5.74) is 0.776. The van der Waals surface area contributed by atoms with E-state index in [0.29, 0.717) is 6.42 Å². The van der Waals surface area contributed by atoms with E-state index in [2.05, 4.69) is 5.10 Å². The molecule has 2 heterocycles. The second-order valence-corrected chi connectivity index (χ2v) is 6.01. The number of aliphatic carboxylic acids is 1. The number of likely N-dealkylation sites (N-methyl/N-ethyl adjacent to an activating group) is 1. The SMILES string of the molecule is C[C@H](C(=O)O)N(C)C(=O)[C@@H]1CCC(=O)N(C)[C@@H]1c1cnn(C)c1. The number of likely N-dealkylation sites (tertiary alicyclic amines) is 1. The van der Waals surface area contributed by atoms with Crippen molar-refractivity contribution in [2.24, 2.45) is 13.0 Å². The first-order valence-corrected chi connectivity index (χ1v) is 7.47. The van der Waals surface area contributed by atoms with Gasteiger partial charge < -0.3 is 14.9 Å². The smallest absolute Gasteiger partial charge is 0.326 e. The largest absolute Gasteiger partial charge is 0.480 e. The number of aryl methyl sites for hydroxylation is 1. The number of amides is 2. The quantitative estimate of drug-likeness (QED) is 0.858. The Morgan fingerprint density at radius 1 is 1.43 bits per heavy atom. The summed E-state index contributed by atoms with van der Waals surface area (Å²) >= 11 is 0. The van der Waals surface area contributed by atoms with Crippen LogP contribution in [0.4, 0.5) is 0 Å². The Labute approximate surface area is 134 Å². The Bertz CT molecular complexity index is 627. The third kappa shape index (κ3) is 3.20. The molecule has 1 aliphatic rings. The lowest BCUT2D eigenvalue weighted by Gasteiger charge is -2.39. The lowest BCUT2D eigenvalue weighted by atomic mass is 9.84. The number of carboxylic acid groups (broad SMARTS) is 1. The highest BCUT2D eigenvalue weighted by Gasteiger charge is 2.41. The molecule has 1 aliphatic heterocycles. The van der Waals surface area contributed by atoms with Gasteiger partial charge in [0.2, 0.25) is 11.8 Å². The van der Waals surface area contributed by atoms with Crippen molar-refractivity contribution < 1.29 is 19.5 Å². The molecule has 8 heteroatoms. The van der Waals surface area contributed by atoms with E-state index in [1.54, 1.807) is 36.1 Å². The van der Waals surface area contributed by atoms with Crippen LogP contribution in [0.5, 0.6) is 0 Å². The molecule has 1 aromatic rings. The van der Waals surface area contributed by atoms with Crippen molar-refractivity contribution in [3.05, 3.63) is 18.0 Å². The van der Waals surface area contributed by atoms with Crippen LogP contribution >= 0.6 is 0 Å². The van der Waals surface area contributed by atoms with Crippen LogP contribution in [0.1, 0.15) is 31.4 Å². The number of carbonyl (C=O) groups is 3. The molecule has 23 heavy (non-hydrogen) atoms. The highest BCUT2D eigenvalue weighted by molar-refractivity contribution is 5.87. The van der Waals surface area contributed by atoms with Gasteiger partial charge in [-0.2, -0.15) is 5.10 Å². The standard InChI is InChI=1S/C15H22N4O4/c1-9(15(22)23)18(3)14(21)11-5-6-12(20)19(4)13(11)10-7-16-17(2)8-10/h7-9,11,13H,5-6H2,1-4H3,(H,22,23)/t9-,11-,13-/m1/s1. The minimum absolute atomic E-state index is 0.0307. The summed E-state index contributed by atoms with van der Waals surface area (Å²) in [7, 11) is 4.92. The highest BCUT2D eigenvalue weighted by Crippen LogP contribution is 2.36. The Balaban J connectivity index is 2.32. The number of piperidine rings is 1. The van der Waals surface area contributed by atoms with E-state index in [4.69, 9.17) is 5.11 Å². The molecule has 0 saturated carbocycles. The summed E-state index contributed by atoms with van der Waals surface area (Å²) in [5.74, 6) is -1.84. The first-order valence-electron chi connectivity index (χ1n) is 7.47. The maximum absolute atomic E-state index is 12.8. The van der Waals surface area contributed by atoms with Gasteiger partial charge in [0, 0.05) is 39.3 Å². The summed E-state index contributed by atoms with van der Waals surface area (Å²) in [5, 5.41) is 13.2. The molecule has 1 saturated heterocycles. The minimum Gasteiger partial charge on any atom is -0.480 e. The predicted octanol–water partition coefficient (Wildman–Crippen LogP) is 0.261. The highest BCUT2D eigenvalue weighted by atomic mass is 16.4. The third-order valence-corrected chi connectivity index (χ3v) is 4.53. The van der Waals surface area contributed by atoms with E-state index >= 15 is 0 Å². The van der Waals surface area contributed by atoms with Crippen LogP contribution in [0.2, 0.25) is 0 Å². The normalized spacial score (nSPS) is 22.8. The van der Waals surface area contributed by atoms with E-state index in [-0.39, 0.29) is 18.2 Å². The zero-order chi connectivity index (χ0) is 17.3. The zero-order valence-corrected chi connectivity index (χ0v) is 13.8. The Kier molecular flexibility index (Phi) is 4.72. The molecule has 8 nitrogen and oxygen atoms in total. The molecular formula is C15H22N4O4. The zero-order valence-electron chi connectivity index (χ0n) is 13.8. The number of hydrogen-bond acceptors (Lipinski definition) is 4. The van der Waals surface area contributed by atoms with E-state index in [0.717, 1.165) is 5.56 Å². The molecule has 0 bridgehead atoms. The van der Waals surface area contributed by atoms with Gasteiger partial charge in [-0.15, -0.1) is 0 Å². The fraction of sp³-hybridized carbons (Fsp3) is 0.600. The number of carboxylic acids is 1. The molecule has 0 radical (unpaired) electrons. The van der Waals surface area contributed by atoms with Crippen LogP contribution < -0.4 is 0 Å². The van der Waals surface area contributed by atoms with Gasteiger partial charge >= 0.3 is 5.97 Å². The fourth-order valence-electron chi connectivity index (χ4n) is 2.96. The van der Waals surface area contributed by atoms with Crippen LogP contribution in [0.3, 0.4) is 0 Å². The van der Waals surface area contributed by atoms with E-state index in [1.807, 2.05) is 0 Å². The van der Waals surface area contributed by atoms with Crippen molar-refractivity contribution in [3.63, 3.8) is 0 Å². The van der Waals surface area contributed by atoms with Crippen LogP contribution in [-0.2, 0) is 21.4 Å². The van der Waals surface area contributed by atoms with Crippen LogP contribution in [0, 0.1) is 5.92 Å². The van der Waals surface area contributed by atoms with Crippen LogP contribution in [0.25, 0.3) is 0 Å². The van der Waals surface area contributed by atoms with Crippen molar-refractivity contribution in [2.75, 3.05) is 14.1 Å². The molecule has 126 valence electrons. The molecule has 3 atom stereocenters. The Hall–Kier alpha value is -2.38. The van der Waals surface area contributed by atoms with Crippen LogP contribution in [0.15, 0.2) is 12.4 Å². The fourth-order valence-corrected chi connectivity index (χ4v) is 2.96. The van der Waals surface area contributed by atoms with Gasteiger partial charge in [-0.1, -0.05) is 0 Å².